The Morgan fingerprint density at radius 3 is 2.77 bits per heavy atom. The largest absolute Gasteiger partial charge is 0.352 e. The van der Waals surface area contributed by atoms with Gasteiger partial charge in [0.1, 0.15) is 0 Å². The number of fused-ring (bicyclic) bond motifs is 1. The van der Waals surface area contributed by atoms with Gasteiger partial charge >= 0.3 is 0 Å². The maximum atomic E-state index is 12.5. The van der Waals surface area contributed by atoms with E-state index < -0.39 is 5.25 Å². The van der Waals surface area contributed by atoms with E-state index in [4.69, 9.17) is 11.6 Å². The first kappa shape index (κ1) is 20.8. The van der Waals surface area contributed by atoms with Crippen LogP contribution in [0.2, 0.25) is 5.02 Å². The van der Waals surface area contributed by atoms with Crippen molar-refractivity contribution < 1.29 is 14.4 Å². The van der Waals surface area contributed by atoms with Gasteiger partial charge in [-0.1, -0.05) is 23.7 Å². The molecule has 0 saturated carbocycles. The predicted octanol–water partition coefficient (Wildman–Crippen LogP) is 3.70. The Hall–Kier alpha value is -2.51. The van der Waals surface area contributed by atoms with Crippen molar-refractivity contribution in [2.45, 2.75) is 36.0 Å². The molecule has 2 N–H and O–H groups in total. The standard InChI is InChI=1S/C22H22ClN3O3S/c23-16-6-7-18-17(11-16)25-21(28)19(30-18)12-20(27)24-13-14-4-3-5-15(10-14)22(29)26-8-1-2-9-26/h3-7,10-11,19H,1-2,8-9,12-13H2,(H,24,27)(H,25,28). The maximum Gasteiger partial charge on any atom is 0.253 e. The van der Waals surface area contributed by atoms with Crippen LogP contribution in [0.5, 0.6) is 0 Å². The van der Waals surface area contributed by atoms with Crippen molar-refractivity contribution in [1.29, 1.82) is 0 Å². The second kappa shape index (κ2) is 9.10. The molecule has 2 aliphatic rings. The zero-order valence-electron chi connectivity index (χ0n) is 16.3. The molecule has 2 heterocycles. The Balaban J connectivity index is 1.33. The summed E-state index contributed by atoms with van der Waals surface area (Å²) in [6.07, 6.45) is 2.17. The zero-order valence-corrected chi connectivity index (χ0v) is 17.9. The first-order valence-electron chi connectivity index (χ1n) is 9.91. The topological polar surface area (TPSA) is 78.5 Å². The molecule has 3 amide bonds. The van der Waals surface area contributed by atoms with Crippen LogP contribution in [0.3, 0.4) is 0 Å². The maximum absolute atomic E-state index is 12.5. The van der Waals surface area contributed by atoms with Crippen LogP contribution in [0.15, 0.2) is 47.4 Å². The molecule has 4 rings (SSSR count). The van der Waals surface area contributed by atoms with Gasteiger partial charge < -0.3 is 15.5 Å². The molecule has 0 bridgehead atoms. The number of anilines is 1. The van der Waals surface area contributed by atoms with E-state index in [0.29, 0.717) is 22.8 Å². The molecule has 1 atom stereocenters. The summed E-state index contributed by atoms with van der Waals surface area (Å²) in [4.78, 5) is 40.0. The third-order valence-electron chi connectivity index (χ3n) is 5.19. The summed E-state index contributed by atoms with van der Waals surface area (Å²) in [5, 5.41) is 5.72. The SMILES string of the molecule is O=C(CC1Sc2ccc(Cl)cc2NC1=O)NCc1cccc(C(=O)N2CCCC2)c1. The van der Waals surface area contributed by atoms with Crippen molar-refractivity contribution in [2.75, 3.05) is 18.4 Å². The highest BCUT2D eigenvalue weighted by Gasteiger charge is 2.29. The minimum Gasteiger partial charge on any atom is -0.352 e. The lowest BCUT2D eigenvalue weighted by Crippen LogP contribution is -2.34. The lowest BCUT2D eigenvalue weighted by molar-refractivity contribution is -0.124. The summed E-state index contributed by atoms with van der Waals surface area (Å²) >= 11 is 7.33. The van der Waals surface area contributed by atoms with Crippen LogP contribution in [-0.2, 0) is 16.1 Å². The fourth-order valence-corrected chi connectivity index (χ4v) is 4.88. The van der Waals surface area contributed by atoms with Crippen molar-refractivity contribution in [1.82, 2.24) is 10.2 Å². The van der Waals surface area contributed by atoms with E-state index >= 15 is 0 Å². The monoisotopic (exact) mass is 443 g/mol. The highest BCUT2D eigenvalue weighted by atomic mass is 35.5. The number of thioether (sulfide) groups is 1. The average Bonchev–Trinajstić information content (AvgIpc) is 3.27. The molecule has 0 radical (unpaired) electrons. The Morgan fingerprint density at radius 2 is 1.97 bits per heavy atom. The number of amides is 3. The van der Waals surface area contributed by atoms with Crippen LogP contribution in [0.1, 0.15) is 35.2 Å². The molecule has 1 fully saturated rings. The van der Waals surface area contributed by atoms with E-state index in [1.165, 1.54) is 11.8 Å². The normalized spacial score (nSPS) is 18.0. The van der Waals surface area contributed by atoms with Gasteiger partial charge in [-0.15, -0.1) is 11.8 Å². The number of carbonyl (C=O) groups is 3. The second-order valence-corrected chi connectivity index (χ2v) is 9.10. The number of rotatable bonds is 5. The average molecular weight is 444 g/mol. The van der Waals surface area contributed by atoms with E-state index in [2.05, 4.69) is 10.6 Å². The van der Waals surface area contributed by atoms with Crippen LogP contribution in [0.4, 0.5) is 5.69 Å². The van der Waals surface area contributed by atoms with E-state index in [1.54, 1.807) is 18.2 Å². The molecule has 2 aromatic rings. The van der Waals surface area contributed by atoms with Gasteiger partial charge in [0.15, 0.2) is 0 Å². The highest BCUT2D eigenvalue weighted by molar-refractivity contribution is 8.01. The van der Waals surface area contributed by atoms with E-state index in [9.17, 15) is 14.4 Å². The number of nitrogens with one attached hydrogen (secondary N) is 2. The fourth-order valence-electron chi connectivity index (χ4n) is 3.62. The number of likely N-dealkylation sites (tertiary alicyclic amines) is 1. The third-order valence-corrected chi connectivity index (χ3v) is 6.70. The Bertz CT molecular complexity index is 991. The van der Waals surface area contributed by atoms with Gasteiger partial charge in [0.25, 0.3) is 5.91 Å². The summed E-state index contributed by atoms with van der Waals surface area (Å²) in [6.45, 7) is 1.91. The molecule has 1 saturated heterocycles. The minimum absolute atomic E-state index is 0.0368. The van der Waals surface area contributed by atoms with Gasteiger partial charge in [-0.25, -0.2) is 0 Å². The van der Waals surface area contributed by atoms with Gasteiger partial charge in [-0.2, -0.15) is 0 Å². The van der Waals surface area contributed by atoms with E-state index in [-0.39, 0.29) is 24.1 Å². The highest BCUT2D eigenvalue weighted by Crippen LogP contribution is 2.38. The third kappa shape index (κ3) is 4.79. The van der Waals surface area contributed by atoms with Crippen LogP contribution in [0.25, 0.3) is 0 Å². The Labute approximate surface area is 184 Å². The lowest BCUT2D eigenvalue weighted by Gasteiger charge is -2.23. The smallest absolute Gasteiger partial charge is 0.253 e. The number of halogens is 1. The number of carbonyl (C=O) groups excluding carboxylic acids is 3. The second-order valence-electron chi connectivity index (χ2n) is 7.42. The van der Waals surface area contributed by atoms with Crippen molar-refractivity contribution in [3.05, 3.63) is 58.6 Å². The van der Waals surface area contributed by atoms with Gasteiger partial charge in [0.05, 0.1) is 10.9 Å². The van der Waals surface area contributed by atoms with Crippen LogP contribution >= 0.6 is 23.4 Å². The number of nitrogens with zero attached hydrogens (tertiary/aromatic N) is 1. The number of hydrogen-bond donors (Lipinski definition) is 2. The van der Waals surface area contributed by atoms with Gasteiger partial charge in [0, 0.05) is 41.5 Å². The molecule has 0 spiro atoms. The van der Waals surface area contributed by atoms with Crippen LogP contribution in [0, 0.1) is 0 Å². The first-order chi connectivity index (χ1) is 14.5. The van der Waals surface area contributed by atoms with Gasteiger partial charge in [-0.05, 0) is 48.7 Å². The van der Waals surface area contributed by atoms with Crippen LogP contribution in [-0.4, -0.2) is 41.0 Å². The minimum atomic E-state index is -0.498. The molecule has 1 unspecified atom stereocenters. The Morgan fingerprint density at radius 1 is 1.17 bits per heavy atom. The van der Waals surface area contributed by atoms with Crippen molar-refractivity contribution >= 4 is 46.8 Å². The molecule has 8 heteroatoms. The molecular formula is C22H22ClN3O3S. The van der Waals surface area contributed by atoms with E-state index in [0.717, 1.165) is 36.4 Å². The molecule has 6 nitrogen and oxygen atoms in total. The lowest BCUT2D eigenvalue weighted by atomic mass is 10.1. The van der Waals surface area contributed by atoms with Crippen molar-refractivity contribution in [3.63, 3.8) is 0 Å². The van der Waals surface area contributed by atoms with Crippen LogP contribution < -0.4 is 10.6 Å². The Kier molecular flexibility index (Phi) is 6.29. The number of hydrogen-bond acceptors (Lipinski definition) is 4. The molecule has 30 heavy (non-hydrogen) atoms. The summed E-state index contributed by atoms with van der Waals surface area (Å²) in [7, 11) is 0. The summed E-state index contributed by atoms with van der Waals surface area (Å²) in [5.41, 5.74) is 2.17. The zero-order chi connectivity index (χ0) is 21.1. The predicted molar refractivity (Wildman–Crippen MR) is 118 cm³/mol. The van der Waals surface area contributed by atoms with E-state index in [1.807, 2.05) is 29.2 Å². The molecule has 2 aliphatic heterocycles. The summed E-state index contributed by atoms with van der Waals surface area (Å²) in [5.74, 6) is -0.380. The quantitative estimate of drug-likeness (QED) is 0.738. The molecule has 156 valence electrons. The number of benzene rings is 2. The van der Waals surface area contributed by atoms with Gasteiger partial charge in [-0.3, -0.25) is 14.4 Å². The summed E-state index contributed by atoms with van der Waals surface area (Å²) < 4.78 is 0. The van der Waals surface area contributed by atoms with Gasteiger partial charge in [0.2, 0.25) is 11.8 Å². The van der Waals surface area contributed by atoms with Crippen molar-refractivity contribution in [3.8, 4) is 0 Å². The molecule has 0 aromatic heterocycles. The molecule has 2 aromatic carbocycles. The first-order valence-corrected chi connectivity index (χ1v) is 11.2. The summed E-state index contributed by atoms with van der Waals surface area (Å²) in [6, 6.07) is 12.6. The molecule has 0 aliphatic carbocycles. The van der Waals surface area contributed by atoms with Crippen molar-refractivity contribution in [2.24, 2.45) is 0 Å². The molecular weight excluding hydrogens is 422 g/mol. The fraction of sp³-hybridized carbons (Fsp3) is 0.318.